The van der Waals surface area contributed by atoms with Crippen LogP contribution in [-0.2, 0) is 6.42 Å². The quantitative estimate of drug-likeness (QED) is 0.738. The smallest absolute Gasteiger partial charge is 0.254 e. The Hall–Kier alpha value is -2.62. The standard InChI is InChI=1S/C21H21N3O/c1-13-8-9-24(19-11-14-4-2-3-5-16(14)20(13)19)21(25)15-6-7-17-18(10-15)23-12-22-17/h2-7,10,12-13,19-20H,8-9,11H2,1H3,(H,22,23)/t13?,19-,20+/m0/s1. The van der Waals surface area contributed by atoms with Gasteiger partial charge in [0.05, 0.1) is 17.4 Å². The highest BCUT2D eigenvalue weighted by Gasteiger charge is 2.44. The van der Waals surface area contributed by atoms with E-state index in [0.717, 1.165) is 36.0 Å². The number of imidazole rings is 1. The average Bonchev–Trinajstić information content (AvgIpc) is 3.25. The van der Waals surface area contributed by atoms with E-state index in [-0.39, 0.29) is 11.9 Å². The largest absolute Gasteiger partial charge is 0.345 e. The Labute approximate surface area is 146 Å². The van der Waals surface area contributed by atoms with Crippen LogP contribution in [0, 0.1) is 5.92 Å². The molecule has 1 aliphatic carbocycles. The van der Waals surface area contributed by atoms with Crippen molar-refractivity contribution in [3.63, 3.8) is 0 Å². The first-order chi connectivity index (χ1) is 12.2. The molecule has 25 heavy (non-hydrogen) atoms. The topological polar surface area (TPSA) is 49.0 Å². The van der Waals surface area contributed by atoms with Crippen molar-refractivity contribution in [2.24, 2.45) is 5.92 Å². The summed E-state index contributed by atoms with van der Waals surface area (Å²) in [7, 11) is 0. The fraction of sp³-hybridized carbons (Fsp3) is 0.333. The summed E-state index contributed by atoms with van der Waals surface area (Å²) in [5.74, 6) is 1.22. The first-order valence-corrected chi connectivity index (χ1v) is 9.04. The van der Waals surface area contributed by atoms with Crippen LogP contribution in [0.5, 0.6) is 0 Å². The summed E-state index contributed by atoms with van der Waals surface area (Å²) in [6.07, 6.45) is 3.71. The van der Waals surface area contributed by atoms with Gasteiger partial charge in [-0.3, -0.25) is 4.79 Å². The predicted molar refractivity (Wildman–Crippen MR) is 97.6 cm³/mol. The van der Waals surface area contributed by atoms with E-state index in [1.54, 1.807) is 6.33 Å². The van der Waals surface area contributed by atoms with Gasteiger partial charge in [0.25, 0.3) is 5.91 Å². The summed E-state index contributed by atoms with van der Waals surface area (Å²) < 4.78 is 0. The van der Waals surface area contributed by atoms with E-state index in [1.807, 2.05) is 18.2 Å². The predicted octanol–water partition coefficient (Wildman–Crippen LogP) is 3.75. The van der Waals surface area contributed by atoms with Crippen molar-refractivity contribution in [3.05, 3.63) is 65.5 Å². The molecule has 2 aromatic carbocycles. The molecule has 3 atom stereocenters. The maximum atomic E-state index is 13.3. The van der Waals surface area contributed by atoms with E-state index < -0.39 is 0 Å². The molecule has 1 fully saturated rings. The lowest BCUT2D eigenvalue weighted by Crippen LogP contribution is -2.48. The SMILES string of the molecule is CC1CCN(C(=O)c2ccc3[nH]cnc3c2)[C@H]2Cc3ccccc3[C@@H]12. The van der Waals surface area contributed by atoms with Gasteiger partial charge in [0, 0.05) is 24.1 Å². The molecule has 1 unspecified atom stereocenters. The second kappa shape index (κ2) is 5.45. The Bertz CT molecular complexity index is 960. The van der Waals surface area contributed by atoms with Crippen LogP contribution in [0.3, 0.4) is 0 Å². The number of amides is 1. The Morgan fingerprint density at radius 1 is 1.24 bits per heavy atom. The summed E-state index contributed by atoms with van der Waals surface area (Å²) in [5, 5.41) is 0. The molecular formula is C21H21N3O. The second-order valence-corrected chi connectivity index (χ2v) is 7.40. The molecule has 126 valence electrons. The Balaban J connectivity index is 1.50. The second-order valence-electron chi connectivity index (χ2n) is 7.40. The number of nitrogens with one attached hydrogen (secondary N) is 1. The fourth-order valence-electron chi connectivity index (χ4n) is 4.77. The van der Waals surface area contributed by atoms with Crippen LogP contribution in [0.1, 0.15) is 40.7 Å². The maximum absolute atomic E-state index is 13.3. The number of hydrogen-bond donors (Lipinski definition) is 1. The van der Waals surface area contributed by atoms with Crippen LogP contribution in [0.15, 0.2) is 48.8 Å². The van der Waals surface area contributed by atoms with Gasteiger partial charge in [-0.1, -0.05) is 31.2 Å². The van der Waals surface area contributed by atoms with Crippen molar-refractivity contribution in [2.45, 2.75) is 31.7 Å². The van der Waals surface area contributed by atoms with E-state index in [1.165, 1.54) is 11.1 Å². The Morgan fingerprint density at radius 2 is 2.12 bits per heavy atom. The molecule has 4 heteroatoms. The minimum Gasteiger partial charge on any atom is -0.345 e. The van der Waals surface area contributed by atoms with Gasteiger partial charge in [-0.25, -0.2) is 4.98 Å². The van der Waals surface area contributed by atoms with Crippen molar-refractivity contribution in [2.75, 3.05) is 6.54 Å². The normalized spacial score (nSPS) is 25.0. The third-order valence-corrected chi connectivity index (χ3v) is 6.03. The van der Waals surface area contributed by atoms with Crippen LogP contribution in [-0.4, -0.2) is 33.4 Å². The molecule has 4 nitrogen and oxygen atoms in total. The van der Waals surface area contributed by atoms with Crippen molar-refractivity contribution in [3.8, 4) is 0 Å². The summed E-state index contributed by atoms with van der Waals surface area (Å²) in [6.45, 7) is 3.17. The molecule has 1 saturated heterocycles. The number of rotatable bonds is 1. The lowest BCUT2D eigenvalue weighted by molar-refractivity contribution is 0.0529. The number of hydrogen-bond acceptors (Lipinski definition) is 2. The molecule has 1 aromatic heterocycles. The van der Waals surface area contributed by atoms with Gasteiger partial charge in [0.15, 0.2) is 0 Å². The van der Waals surface area contributed by atoms with Gasteiger partial charge in [0.2, 0.25) is 0 Å². The zero-order valence-electron chi connectivity index (χ0n) is 14.3. The molecule has 0 spiro atoms. The number of carbonyl (C=O) groups excluding carboxylic acids is 1. The highest BCUT2D eigenvalue weighted by atomic mass is 16.2. The first kappa shape index (κ1) is 14.7. The number of likely N-dealkylation sites (tertiary alicyclic amines) is 1. The molecule has 0 radical (unpaired) electrons. The van der Waals surface area contributed by atoms with Gasteiger partial charge in [-0.05, 0) is 48.1 Å². The van der Waals surface area contributed by atoms with Crippen LogP contribution in [0.25, 0.3) is 11.0 Å². The number of fused-ring (bicyclic) bond motifs is 4. The monoisotopic (exact) mass is 331 g/mol. The van der Waals surface area contributed by atoms with Crippen molar-refractivity contribution < 1.29 is 4.79 Å². The Kier molecular flexibility index (Phi) is 3.20. The lowest BCUT2D eigenvalue weighted by atomic mass is 9.80. The number of piperidine rings is 1. The molecular weight excluding hydrogens is 310 g/mol. The van der Waals surface area contributed by atoms with E-state index in [0.29, 0.717) is 11.8 Å². The van der Waals surface area contributed by atoms with Crippen LogP contribution in [0.2, 0.25) is 0 Å². The number of aromatic nitrogens is 2. The third-order valence-electron chi connectivity index (χ3n) is 6.03. The van der Waals surface area contributed by atoms with Gasteiger partial charge >= 0.3 is 0 Å². The summed E-state index contributed by atoms with van der Waals surface area (Å²) in [6, 6.07) is 14.8. The third kappa shape index (κ3) is 2.20. The number of carbonyl (C=O) groups is 1. The molecule has 3 aromatic rings. The molecule has 5 rings (SSSR count). The van der Waals surface area contributed by atoms with Gasteiger partial charge < -0.3 is 9.88 Å². The minimum atomic E-state index is 0.139. The molecule has 2 aliphatic rings. The van der Waals surface area contributed by atoms with Crippen molar-refractivity contribution in [1.82, 2.24) is 14.9 Å². The van der Waals surface area contributed by atoms with E-state index >= 15 is 0 Å². The fourth-order valence-corrected chi connectivity index (χ4v) is 4.77. The summed E-state index contributed by atoms with van der Waals surface area (Å²) in [5.41, 5.74) is 5.41. The Morgan fingerprint density at radius 3 is 3.04 bits per heavy atom. The molecule has 1 N–H and O–H groups in total. The number of aromatic amines is 1. The van der Waals surface area contributed by atoms with Crippen LogP contribution < -0.4 is 0 Å². The van der Waals surface area contributed by atoms with Crippen LogP contribution >= 0.6 is 0 Å². The molecule has 1 amide bonds. The number of H-pyrrole nitrogens is 1. The number of benzene rings is 2. The van der Waals surface area contributed by atoms with E-state index in [9.17, 15) is 4.79 Å². The average molecular weight is 331 g/mol. The number of nitrogens with zero attached hydrogens (tertiary/aromatic N) is 2. The maximum Gasteiger partial charge on any atom is 0.254 e. The first-order valence-electron chi connectivity index (χ1n) is 9.04. The van der Waals surface area contributed by atoms with Gasteiger partial charge in [-0.15, -0.1) is 0 Å². The summed E-state index contributed by atoms with van der Waals surface area (Å²) >= 11 is 0. The molecule has 0 saturated carbocycles. The lowest BCUT2D eigenvalue weighted by Gasteiger charge is -2.41. The van der Waals surface area contributed by atoms with Crippen LogP contribution in [0.4, 0.5) is 0 Å². The highest BCUT2D eigenvalue weighted by Crippen LogP contribution is 2.45. The zero-order chi connectivity index (χ0) is 17.0. The molecule has 0 bridgehead atoms. The van der Waals surface area contributed by atoms with Crippen molar-refractivity contribution in [1.29, 1.82) is 0 Å². The minimum absolute atomic E-state index is 0.139. The van der Waals surface area contributed by atoms with E-state index in [4.69, 9.17) is 0 Å². The highest BCUT2D eigenvalue weighted by molar-refractivity contribution is 5.97. The van der Waals surface area contributed by atoms with Gasteiger partial charge in [0.1, 0.15) is 0 Å². The van der Waals surface area contributed by atoms with Gasteiger partial charge in [-0.2, -0.15) is 0 Å². The molecule has 2 heterocycles. The molecule has 1 aliphatic heterocycles. The summed E-state index contributed by atoms with van der Waals surface area (Å²) in [4.78, 5) is 22.7. The van der Waals surface area contributed by atoms with Crippen molar-refractivity contribution >= 4 is 16.9 Å². The zero-order valence-corrected chi connectivity index (χ0v) is 14.3. The van der Waals surface area contributed by atoms with E-state index in [2.05, 4.69) is 46.1 Å².